The van der Waals surface area contributed by atoms with Crippen LogP contribution in [-0.4, -0.2) is 22.6 Å². The molecule has 4 bridgehead atoms. The van der Waals surface area contributed by atoms with Crippen molar-refractivity contribution in [3.63, 3.8) is 0 Å². The number of hydrogen-bond donors (Lipinski definition) is 2. The molecule has 46 heavy (non-hydrogen) atoms. The van der Waals surface area contributed by atoms with E-state index in [1.54, 1.807) is 12.4 Å². The molecule has 0 atom stereocenters. The van der Waals surface area contributed by atoms with Gasteiger partial charge in [-0.2, -0.15) is 0 Å². The van der Waals surface area contributed by atoms with Gasteiger partial charge in [-0.1, -0.05) is 120 Å². The van der Waals surface area contributed by atoms with Gasteiger partial charge in [0.25, 0.3) is 0 Å². The van der Waals surface area contributed by atoms with Crippen LogP contribution in [0.15, 0.2) is 88.8 Å². The Kier molecular flexibility index (Phi) is 12.2. The summed E-state index contributed by atoms with van der Waals surface area (Å²) in [5.41, 5.74) is 8.11. The van der Waals surface area contributed by atoms with Crippen LogP contribution in [-0.2, 0) is 12.8 Å². The Morgan fingerprint density at radius 2 is 0.978 bits per heavy atom. The van der Waals surface area contributed by atoms with Crippen molar-refractivity contribution in [1.29, 1.82) is 0 Å². The van der Waals surface area contributed by atoms with Crippen LogP contribution in [0.5, 0.6) is 11.5 Å². The maximum atomic E-state index is 11.4. The minimum Gasteiger partial charge on any atom is -0.507 e. The molecule has 1 aliphatic heterocycles. The second kappa shape index (κ2) is 16.9. The van der Waals surface area contributed by atoms with E-state index >= 15 is 0 Å². The number of aliphatic imine (C=N–C) groups is 2. The SMILES string of the molecule is CC(C)c1cc2cc(c1O)C=Nc1ccccc1N=Cc1cc(cc(-c3ccccc3)c1O)CCCCCCCCCCCCC2. The van der Waals surface area contributed by atoms with Crippen LogP contribution in [0, 0.1) is 0 Å². The molecule has 0 amide bonds. The van der Waals surface area contributed by atoms with Crippen molar-refractivity contribution in [2.45, 2.75) is 103 Å². The van der Waals surface area contributed by atoms with Gasteiger partial charge in [-0.3, -0.25) is 9.98 Å². The van der Waals surface area contributed by atoms with Crippen molar-refractivity contribution in [2.24, 2.45) is 9.98 Å². The molecule has 2 N–H and O–H groups in total. The van der Waals surface area contributed by atoms with Crippen molar-refractivity contribution in [2.75, 3.05) is 0 Å². The van der Waals surface area contributed by atoms with Crippen LogP contribution in [0.1, 0.15) is 118 Å². The Hall–Kier alpha value is -4.18. The molecule has 0 saturated heterocycles. The van der Waals surface area contributed by atoms with Gasteiger partial charge in [0, 0.05) is 29.1 Å². The molecule has 4 aromatic rings. The molecule has 4 heteroatoms. The Morgan fingerprint density at radius 3 is 1.50 bits per heavy atom. The molecular formula is C42H50N2O2. The molecule has 0 spiro atoms. The van der Waals surface area contributed by atoms with Crippen molar-refractivity contribution >= 4 is 23.8 Å². The molecule has 5 rings (SSSR count). The minimum atomic E-state index is 0.212. The Balaban J connectivity index is 1.50. The predicted molar refractivity (Wildman–Crippen MR) is 195 cm³/mol. The van der Waals surface area contributed by atoms with Crippen molar-refractivity contribution in [3.8, 4) is 22.6 Å². The quantitative estimate of drug-likeness (QED) is 0.236. The topological polar surface area (TPSA) is 65.2 Å². The van der Waals surface area contributed by atoms with Gasteiger partial charge in [0.15, 0.2) is 0 Å². The van der Waals surface area contributed by atoms with Gasteiger partial charge in [0.2, 0.25) is 0 Å². The number of phenolic OH excluding ortho intramolecular Hbond substituents is 2. The van der Waals surface area contributed by atoms with Crippen LogP contribution in [0.4, 0.5) is 11.4 Å². The second-order valence-corrected chi connectivity index (χ2v) is 13.1. The summed E-state index contributed by atoms with van der Waals surface area (Å²) in [6, 6.07) is 26.3. The molecule has 0 aliphatic carbocycles. The first-order valence-electron chi connectivity index (χ1n) is 17.4. The van der Waals surface area contributed by atoms with Crippen molar-refractivity contribution in [3.05, 3.63) is 107 Å². The fourth-order valence-corrected chi connectivity index (χ4v) is 6.44. The number of para-hydroxylation sites is 2. The largest absolute Gasteiger partial charge is 0.507 e. The van der Waals surface area contributed by atoms with E-state index in [1.807, 2.05) is 54.6 Å². The number of phenols is 2. The van der Waals surface area contributed by atoms with Gasteiger partial charge in [0.05, 0.1) is 11.4 Å². The first-order valence-corrected chi connectivity index (χ1v) is 17.4. The molecule has 4 nitrogen and oxygen atoms in total. The van der Waals surface area contributed by atoms with Gasteiger partial charge < -0.3 is 10.2 Å². The predicted octanol–water partition coefficient (Wildman–Crippen LogP) is 11.8. The Labute approximate surface area is 276 Å². The summed E-state index contributed by atoms with van der Waals surface area (Å²) in [6.07, 6.45) is 19.5. The van der Waals surface area contributed by atoms with Crippen molar-refractivity contribution < 1.29 is 10.2 Å². The molecule has 0 saturated carbocycles. The molecule has 0 fully saturated rings. The Bertz CT molecular complexity index is 1620. The average molecular weight is 615 g/mol. The highest BCUT2D eigenvalue weighted by Crippen LogP contribution is 2.35. The summed E-state index contributed by atoms with van der Waals surface area (Å²) in [5.74, 6) is 0.750. The highest BCUT2D eigenvalue weighted by Gasteiger charge is 2.14. The summed E-state index contributed by atoms with van der Waals surface area (Å²) < 4.78 is 0. The van der Waals surface area contributed by atoms with E-state index < -0.39 is 0 Å². The van der Waals surface area contributed by atoms with Crippen LogP contribution in [0.3, 0.4) is 0 Å². The number of nitrogens with zero attached hydrogens (tertiary/aromatic N) is 2. The lowest BCUT2D eigenvalue weighted by Crippen LogP contribution is -1.97. The summed E-state index contributed by atoms with van der Waals surface area (Å²) in [4.78, 5) is 9.66. The van der Waals surface area contributed by atoms with E-state index in [-0.39, 0.29) is 11.7 Å². The summed E-state index contributed by atoms with van der Waals surface area (Å²) >= 11 is 0. The zero-order chi connectivity index (χ0) is 32.1. The van der Waals surface area contributed by atoms with Crippen molar-refractivity contribution in [1.82, 2.24) is 0 Å². The summed E-state index contributed by atoms with van der Waals surface area (Å²) in [6.45, 7) is 4.25. The first kappa shape index (κ1) is 33.2. The van der Waals surface area contributed by atoms with E-state index in [0.717, 1.165) is 47.9 Å². The Morgan fingerprint density at radius 1 is 0.522 bits per heavy atom. The number of aryl methyl sites for hydroxylation is 2. The number of hydrogen-bond acceptors (Lipinski definition) is 4. The summed E-state index contributed by atoms with van der Waals surface area (Å²) in [5, 5.41) is 22.6. The van der Waals surface area contributed by atoms with E-state index in [2.05, 4.69) is 38.1 Å². The fourth-order valence-electron chi connectivity index (χ4n) is 6.44. The minimum absolute atomic E-state index is 0.212. The lowest BCUT2D eigenvalue weighted by molar-refractivity contribution is 0.463. The smallest absolute Gasteiger partial charge is 0.132 e. The molecule has 0 unspecified atom stereocenters. The maximum Gasteiger partial charge on any atom is 0.132 e. The zero-order valence-electron chi connectivity index (χ0n) is 27.7. The number of benzene rings is 4. The maximum absolute atomic E-state index is 11.4. The third-order valence-corrected chi connectivity index (χ3v) is 9.13. The highest BCUT2D eigenvalue weighted by atomic mass is 16.3. The van der Waals surface area contributed by atoms with Crippen LogP contribution >= 0.6 is 0 Å². The number of fused-ring (bicyclic) bond motifs is 5. The van der Waals surface area contributed by atoms with Crippen LogP contribution < -0.4 is 0 Å². The highest BCUT2D eigenvalue weighted by molar-refractivity contribution is 5.92. The molecule has 0 radical (unpaired) electrons. The van der Waals surface area contributed by atoms with Gasteiger partial charge >= 0.3 is 0 Å². The molecule has 0 aromatic heterocycles. The molecule has 1 heterocycles. The molecular weight excluding hydrogens is 564 g/mol. The number of aromatic hydroxyl groups is 2. The van der Waals surface area contributed by atoms with Crippen LogP contribution in [0.25, 0.3) is 11.1 Å². The van der Waals surface area contributed by atoms with E-state index in [9.17, 15) is 10.2 Å². The van der Waals surface area contributed by atoms with E-state index in [0.29, 0.717) is 22.7 Å². The van der Waals surface area contributed by atoms with Gasteiger partial charge in [-0.05, 0) is 84.2 Å². The fraction of sp³-hybridized carbons (Fsp3) is 0.381. The number of rotatable bonds is 2. The van der Waals surface area contributed by atoms with Gasteiger partial charge in [-0.25, -0.2) is 0 Å². The normalized spacial score (nSPS) is 15.5. The average Bonchev–Trinajstić information content (AvgIpc) is 3.07. The third-order valence-electron chi connectivity index (χ3n) is 9.13. The van der Waals surface area contributed by atoms with E-state index in [4.69, 9.17) is 9.98 Å². The lowest BCUT2D eigenvalue weighted by Gasteiger charge is -2.14. The van der Waals surface area contributed by atoms with E-state index in [1.165, 1.54) is 68.9 Å². The van der Waals surface area contributed by atoms with Crippen LogP contribution in [0.2, 0.25) is 0 Å². The van der Waals surface area contributed by atoms with Gasteiger partial charge in [-0.15, -0.1) is 0 Å². The third kappa shape index (κ3) is 9.19. The molecule has 240 valence electrons. The lowest BCUT2D eigenvalue weighted by atomic mass is 9.94. The molecule has 1 aliphatic rings. The molecule has 4 aromatic carbocycles. The standard InChI is InChI=1S/C42H50N2O2/c1-31(2)37-27-32-19-13-10-8-6-4-3-5-7-9-11-14-20-33-26-36(42(46)38(28-33)34-21-15-12-16-22-34)30-44-40-24-18-17-23-39(40)43-29-35(25-32)41(37)45/h12,15-18,21-31,45-46H,3-11,13-14,19-20H2,1-2H3. The second-order valence-electron chi connectivity index (χ2n) is 13.1. The zero-order valence-corrected chi connectivity index (χ0v) is 27.7. The summed E-state index contributed by atoms with van der Waals surface area (Å²) in [7, 11) is 0. The first-order chi connectivity index (χ1) is 22.5. The van der Waals surface area contributed by atoms with Gasteiger partial charge in [0.1, 0.15) is 11.5 Å². The monoisotopic (exact) mass is 614 g/mol.